The lowest BCUT2D eigenvalue weighted by Gasteiger charge is -2.13. The lowest BCUT2D eigenvalue weighted by atomic mass is 9.95. The molecule has 2 N–H and O–H groups in total. The molecule has 1 aromatic heterocycles. The fourth-order valence-corrected chi connectivity index (χ4v) is 2.42. The summed E-state index contributed by atoms with van der Waals surface area (Å²) in [4.78, 5) is 4.50. The fraction of sp³-hybridized carbons (Fsp3) is 0.615. The van der Waals surface area contributed by atoms with Gasteiger partial charge in [-0.2, -0.15) is 0 Å². The van der Waals surface area contributed by atoms with Gasteiger partial charge in [-0.3, -0.25) is 4.98 Å². The van der Waals surface area contributed by atoms with E-state index in [-0.39, 0.29) is 0 Å². The number of pyridine rings is 1. The Bertz CT molecular complexity index is 301. The van der Waals surface area contributed by atoms with Crippen molar-refractivity contribution in [2.75, 3.05) is 0 Å². The van der Waals surface area contributed by atoms with Crippen LogP contribution in [0.25, 0.3) is 0 Å². The standard InChI is InChI=1S/C13H20N2/c14-10-11-7-8-15-13(9-11)12-5-3-1-2-4-6-12/h7-9,12H,1-6,10,14H2. The van der Waals surface area contributed by atoms with Crippen LogP contribution in [-0.4, -0.2) is 4.98 Å². The number of aromatic nitrogens is 1. The molecule has 0 aromatic carbocycles. The number of hydrogen-bond acceptors (Lipinski definition) is 2. The summed E-state index contributed by atoms with van der Waals surface area (Å²) in [5.41, 5.74) is 8.13. The van der Waals surface area contributed by atoms with E-state index in [0.29, 0.717) is 12.5 Å². The molecule has 0 saturated heterocycles. The second-order valence-electron chi connectivity index (χ2n) is 4.48. The van der Waals surface area contributed by atoms with Gasteiger partial charge in [0.15, 0.2) is 0 Å². The predicted molar refractivity (Wildman–Crippen MR) is 62.6 cm³/mol. The fourth-order valence-electron chi connectivity index (χ4n) is 2.42. The van der Waals surface area contributed by atoms with Gasteiger partial charge in [-0.05, 0) is 30.5 Å². The van der Waals surface area contributed by atoms with Gasteiger partial charge in [-0.25, -0.2) is 0 Å². The van der Waals surface area contributed by atoms with Crippen LogP contribution in [-0.2, 0) is 6.54 Å². The van der Waals surface area contributed by atoms with Gasteiger partial charge in [0.1, 0.15) is 0 Å². The molecule has 0 aliphatic heterocycles. The Morgan fingerprint density at radius 2 is 1.93 bits per heavy atom. The van der Waals surface area contributed by atoms with Crippen molar-refractivity contribution in [2.24, 2.45) is 5.73 Å². The third-order valence-electron chi connectivity index (χ3n) is 3.35. The molecule has 0 radical (unpaired) electrons. The van der Waals surface area contributed by atoms with Crippen LogP contribution in [0.5, 0.6) is 0 Å². The Labute approximate surface area is 91.9 Å². The zero-order chi connectivity index (χ0) is 10.5. The van der Waals surface area contributed by atoms with Crippen molar-refractivity contribution in [3.05, 3.63) is 29.6 Å². The first kappa shape index (κ1) is 10.6. The maximum absolute atomic E-state index is 5.65. The summed E-state index contributed by atoms with van der Waals surface area (Å²) in [5.74, 6) is 0.680. The zero-order valence-electron chi connectivity index (χ0n) is 9.28. The Kier molecular flexibility index (Phi) is 3.73. The molecule has 1 aliphatic rings. The van der Waals surface area contributed by atoms with Crippen LogP contribution >= 0.6 is 0 Å². The number of hydrogen-bond donors (Lipinski definition) is 1. The molecule has 1 aromatic rings. The Balaban J connectivity index is 2.12. The molecule has 1 saturated carbocycles. The van der Waals surface area contributed by atoms with Gasteiger partial charge in [-0.1, -0.05) is 25.7 Å². The Morgan fingerprint density at radius 3 is 2.60 bits per heavy atom. The minimum absolute atomic E-state index is 0.627. The largest absolute Gasteiger partial charge is 0.326 e. The molecule has 15 heavy (non-hydrogen) atoms. The van der Waals surface area contributed by atoms with Gasteiger partial charge >= 0.3 is 0 Å². The van der Waals surface area contributed by atoms with Gasteiger partial charge in [0.2, 0.25) is 0 Å². The van der Waals surface area contributed by atoms with Crippen LogP contribution in [0.3, 0.4) is 0 Å². The van der Waals surface area contributed by atoms with Crippen molar-refractivity contribution in [3.8, 4) is 0 Å². The van der Waals surface area contributed by atoms with Crippen LogP contribution in [0, 0.1) is 0 Å². The lowest BCUT2D eigenvalue weighted by molar-refractivity contribution is 0.577. The highest BCUT2D eigenvalue weighted by Crippen LogP contribution is 2.30. The molecular weight excluding hydrogens is 184 g/mol. The first-order chi connectivity index (χ1) is 7.40. The van der Waals surface area contributed by atoms with E-state index in [1.807, 2.05) is 12.3 Å². The maximum atomic E-state index is 5.65. The topological polar surface area (TPSA) is 38.9 Å². The van der Waals surface area contributed by atoms with E-state index in [2.05, 4.69) is 11.1 Å². The normalized spacial score (nSPS) is 18.7. The first-order valence-electron chi connectivity index (χ1n) is 6.05. The average Bonchev–Trinajstić information content (AvgIpc) is 2.58. The maximum Gasteiger partial charge on any atom is 0.0437 e. The highest BCUT2D eigenvalue weighted by molar-refractivity contribution is 5.19. The van der Waals surface area contributed by atoms with E-state index >= 15 is 0 Å². The molecule has 0 unspecified atom stereocenters. The first-order valence-corrected chi connectivity index (χ1v) is 6.05. The molecule has 1 fully saturated rings. The minimum Gasteiger partial charge on any atom is -0.326 e. The molecule has 1 aliphatic carbocycles. The minimum atomic E-state index is 0.627. The van der Waals surface area contributed by atoms with Crippen molar-refractivity contribution in [1.82, 2.24) is 4.98 Å². The molecule has 0 amide bonds. The van der Waals surface area contributed by atoms with Crippen molar-refractivity contribution in [2.45, 2.75) is 51.0 Å². The summed E-state index contributed by atoms with van der Waals surface area (Å²) in [6.07, 6.45) is 10.0. The van der Waals surface area contributed by atoms with Crippen molar-refractivity contribution in [1.29, 1.82) is 0 Å². The quantitative estimate of drug-likeness (QED) is 0.752. The van der Waals surface area contributed by atoms with E-state index in [1.54, 1.807) is 0 Å². The van der Waals surface area contributed by atoms with Gasteiger partial charge in [0, 0.05) is 24.4 Å². The van der Waals surface area contributed by atoms with E-state index in [1.165, 1.54) is 49.8 Å². The summed E-state index contributed by atoms with van der Waals surface area (Å²) in [6.45, 7) is 0.627. The third-order valence-corrected chi connectivity index (χ3v) is 3.35. The molecule has 2 heteroatoms. The SMILES string of the molecule is NCc1ccnc(C2CCCCCC2)c1. The van der Waals surface area contributed by atoms with Gasteiger partial charge in [0.25, 0.3) is 0 Å². The van der Waals surface area contributed by atoms with Gasteiger partial charge in [0.05, 0.1) is 0 Å². The average molecular weight is 204 g/mol. The van der Waals surface area contributed by atoms with Crippen molar-refractivity contribution in [3.63, 3.8) is 0 Å². The van der Waals surface area contributed by atoms with Crippen LogP contribution in [0.4, 0.5) is 0 Å². The Morgan fingerprint density at radius 1 is 1.20 bits per heavy atom. The second-order valence-corrected chi connectivity index (χ2v) is 4.48. The van der Waals surface area contributed by atoms with Gasteiger partial charge in [-0.15, -0.1) is 0 Å². The molecular formula is C13H20N2. The van der Waals surface area contributed by atoms with E-state index in [0.717, 1.165) is 0 Å². The van der Waals surface area contributed by atoms with Gasteiger partial charge < -0.3 is 5.73 Å². The summed E-state index contributed by atoms with van der Waals surface area (Å²) in [6, 6.07) is 4.20. The monoisotopic (exact) mass is 204 g/mol. The van der Waals surface area contributed by atoms with Crippen molar-refractivity contribution >= 4 is 0 Å². The van der Waals surface area contributed by atoms with E-state index in [4.69, 9.17) is 5.73 Å². The molecule has 0 atom stereocenters. The lowest BCUT2D eigenvalue weighted by Crippen LogP contribution is -2.03. The number of nitrogens with zero attached hydrogens (tertiary/aromatic N) is 1. The third kappa shape index (κ3) is 2.78. The number of rotatable bonds is 2. The zero-order valence-corrected chi connectivity index (χ0v) is 9.28. The van der Waals surface area contributed by atoms with Crippen LogP contribution in [0.15, 0.2) is 18.3 Å². The van der Waals surface area contributed by atoms with Crippen LogP contribution in [0.2, 0.25) is 0 Å². The van der Waals surface area contributed by atoms with E-state index in [9.17, 15) is 0 Å². The van der Waals surface area contributed by atoms with Crippen LogP contribution < -0.4 is 5.73 Å². The molecule has 82 valence electrons. The van der Waals surface area contributed by atoms with Crippen molar-refractivity contribution < 1.29 is 0 Å². The molecule has 1 heterocycles. The molecule has 0 bridgehead atoms. The highest BCUT2D eigenvalue weighted by atomic mass is 14.7. The molecule has 2 nitrogen and oxygen atoms in total. The van der Waals surface area contributed by atoms with Crippen LogP contribution in [0.1, 0.15) is 55.7 Å². The summed E-state index contributed by atoms with van der Waals surface area (Å²) >= 11 is 0. The molecule has 2 rings (SSSR count). The summed E-state index contributed by atoms with van der Waals surface area (Å²) in [7, 11) is 0. The predicted octanol–water partition coefficient (Wildman–Crippen LogP) is 2.98. The summed E-state index contributed by atoms with van der Waals surface area (Å²) < 4.78 is 0. The molecule has 0 spiro atoms. The number of nitrogens with two attached hydrogens (primary N) is 1. The van der Waals surface area contributed by atoms with E-state index < -0.39 is 0 Å². The second kappa shape index (κ2) is 5.26. The Hall–Kier alpha value is -0.890. The smallest absolute Gasteiger partial charge is 0.0437 e. The summed E-state index contributed by atoms with van der Waals surface area (Å²) in [5, 5.41) is 0. The highest BCUT2D eigenvalue weighted by Gasteiger charge is 2.15.